The van der Waals surface area contributed by atoms with Gasteiger partial charge in [-0.1, -0.05) is 26.0 Å². The maximum atomic E-state index is 12.7. The van der Waals surface area contributed by atoms with Crippen LogP contribution < -0.4 is 10.6 Å². The molecule has 1 rings (SSSR count). The molecule has 0 fully saturated rings. The first-order valence-corrected chi connectivity index (χ1v) is 7.59. The number of halogens is 1. The van der Waals surface area contributed by atoms with Crippen LogP contribution in [0.5, 0.6) is 0 Å². The highest BCUT2D eigenvalue weighted by Crippen LogP contribution is 2.02. The van der Waals surface area contributed by atoms with Crippen LogP contribution in [0.1, 0.15) is 19.4 Å². The van der Waals surface area contributed by atoms with Gasteiger partial charge in [-0.2, -0.15) is 0 Å². The molecule has 0 spiro atoms. The number of benzene rings is 1. The molecule has 0 unspecified atom stereocenters. The third kappa shape index (κ3) is 6.67. The molecule has 1 aromatic carbocycles. The molecule has 1 aromatic rings. The van der Waals surface area contributed by atoms with Gasteiger partial charge in [0.1, 0.15) is 5.82 Å². The van der Waals surface area contributed by atoms with Crippen LogP contribution in [0.2, 0.25) is 0 Å². The molecular formula is C16H24FN3O2. The highest BCUT2D eigenvalue weighted by atomic mass is 19.1. The van der Waals surface area contributed by atoms with Gasteiger partial charge in [0, 0.05) is 19.6 Å². The van der Waals surface area contributed by atoms with Crippen molar-refractivity contribution in [2.45, 2.75) is 20.3 Å². The molecule has 0 aromatic heterocycles. The van der Waals surface area contributed by atoms with Gasteiger partial charge >= 0.3 is 11.8 Å². The number of amides is 2. The first-order valence-electron chi connectivity index (χ1n) is 7.59. The third-order valence-electron chi connectivity index (χ3n) is 3.43. The number of rotatable bonds is 8. The van der Waals surface area contributed by atoms with E-state index in [2.05, 4.69) is 15.5 Å². The summed E-state index contributed by atoms with van der Waals surface area (Å²) in [4.78, 5) is 25.4. The molecular weight excluding hydrogens is 285 g/mol. The Labute approximate surface area is 130 Å². The quantitative estimate of drug-likeness (QED) is 0.703. The number of hydrogen-bond donors (Lipinski definition) is 2. The minimum absolute atomic E-state index is 0.291. The zero-order valence-corrected chi connectivity index (χ0v) is 13.2. The van der Waals surface area contributed by atoms with E-state index in [9.17, 15) is 14.0 Å². The van der Waals surface area contributed by atoms with Gasteiger partial charge in [-0.3, -0.25) is 9.59 Å². The zero-order valence-electron chi connectivity index (χ0n) is 13.2. The van der Waals surface area contributed by atoms with Gasteiger partial charge in [0.15, 0.2) is 0 Å². The fourth-order valence-corrected chi connectivity index (χ4v) is 2.00. The molecule has 2 amide bonds. The summed E-state index contributed by atoms with van der Waals surface area (Å²) in [5.74, 6) is -1.55. The molecule has 6 heteroatoms. The number of nitrogens with zero attached hydrogens (tertiary/aromatic N) is 1. The van der Waals surface area contributed by atoms with Crippen molar-refractivity contribution in [3.05, 3.63) is 35.6 Å². The number of hydrogen-bond acceptors (Lipinski definition) is 3. The molecule has 0 saturated carbocycles. The fraction of sp³-hybridized carbons (Fsp3) is 0.500. The predicted octanol–water partition coefficient (Wildman–Crippen LogP) is 0.942. The highest BCUT2D eigenvalue weighted by Gasteiger charge is 2.12. The maximum absolute atomic E-state index is 12.7. The zero-order chi connectivity index (χ0) is 16.4. The summed E-state index contributed by atoms with van der Waals surface area (Å²) in [7, 11) is 0. The van der Waals surface area contributed by atoms with Crippen LogP contribution in [0.15, 0.2) is 24.3 Å². The predicted molar refractivity (Wildman–Crippen MR) is 83.9 cm³/mol. The number of nitrogens with one attached hydrogen (secondary N) is 2. The Hall–Kier alpha value is -1.95. The van der Waals surface area contributed by atoms with Crippen LogP contribution in [0.25, 0.3) is 0 Å². The van der Waals surface area contributed by atoms with Gasteiger partial charge in [-0.15, -0.1) is 0 Å². The van der Waals surface area contributed by atoms with Gasteiger partial charge in [-0.05, 0) is 37.2 Å². The minimum Gasteiger partial charge on any atom is -0.348 e. The van der Waals surface area contributed by atoms with Crippen molar-refractivity contribution in [3.63, 3.8) is 0 Å². The average molecular weight is 309 g/mol. The van der Waals surface area contributed by atoms with Gasteiger partial charge in [0.05, 0.1) is 0 Å². The van der Waals surface area contributed by atoms with E-state index in [1.807, 2.05) is 13.8 Å². The molecule has 0 saturated heterocycles. The lowest BCUT2D eigenvalue weighted by Gasteiger charge is -2.17. The first kappa shape index (κ1) is 18.1. The second kappa shape index (κ2) is 9.89. The van der Waals surface area contributed by atoms with E-state index < -0.39 is 11.8 Å². The van der Waals surface area contributed by atoms with Crippen molar-refractivity contribution in [1.82, 2.24) is 15.5 Å². The van der Waals surface area contributed by atoms with Gasteiger partial charge in [-0.25, -0.2) is 4.39 Å². The van der Waals surface area contributed by atoms with Crippen LogP contribution >= 0.6 is 0 Å². The summed E-state index contributed by atoms with van der Waals surface area (Å²) in [5.41, 5.74) is 0.906. The Morgan fingerprint density at radius 2 is 1.55 bits per heavy atom. The van der Waals surface area contributed by atoms with E-state index in [0.29, 0.717) is 19.5 Å². The molecule has 0 heterocycles. The van der Waals surface area contributed by atoms with E-state index in [-0.39, 0.29) is 5.82 Å². The van der Waals surface area contributed by atoms with E-state index in [0.717, 1.165) is 25.2 Å². The molecule has 0 radical (unpaired) electrons. The standard InChI is InChI=1S/C16H24FN3O2/c1-3-20(4-2)12-11-19-16(22)15(21)18-10-9-13-5-7-14(17)8-6-13/h5-8H,3-4,9-12H2,1-2H3,(H,18,21)(H,19,22). The second-order valence-corrected chi connectivity index (χ2v) is 4.92. The Morgan fingerprint density at radius 1 is 1.00 bits per heavy atom. The van der Waals surface area contributed by atoms with Crippen molar-refractivity contribution in [1.29, 1.82) is 0 Å². The summed E-state index contributed by atoms with van der Waals surface area (Å²) in [6.07, 6.45) is 0.554. The van der Waals surface area contributed by atoms with Crippen LogP contribution in [0, 0.1) is 5.82 Å². The van der Waals surface area contributed by atoms with Crippen molar-refractivity contribution >= 4 is 11.8 Å². The average Bonchev–Trinajstić information content (AvgIpc) is 2.53. The van der Waals surface area contributed by atoms with Crippen LogP contribution in [0.4, 0.5) is 4.39 Å². The smallest absolute Gasteiger partial charge is 0.309 e. The molecule has 2 N–H and O–H groups in total. The monoisotopic (exact) mass is 309 g/mol. The SMILES string of the molecule is CCN(CC)CCNC(=O)C(=O)NCCc1ccc(F)cc1. The Bertz CT molecular complexity index is 473. The van der Waals surface area contributed by atoms with Crippen LogP contribution in [-0.2, 0) is 16.0 Å². The largest absolute Gasteiger partial charge is 0.348 e. The topological polar surface area (TPSA) is 61.4 Å². The Kier molecular flexibility index (Phi) is 8.14. The van der Waals surface area contributed by atoms with Gasteiger partial charge in [0.2, 0.25) is 0 Å². The van der Waals surface area contributed by atoms with Crippen molar-refractivity contribution in [3.8, 4) is 0 Å². The summed E-state index contributed by atoms with van der Waals surface area (Å²) in [6, 6.07) is 6.06. The summed E-state index contributed by atoms with van der Waals surface area (Å²) < 4.78 is 12.7. The van der Waals surface area contributed by atoms with Gasteiger partial charge < -0.3 is 15.5 Å². The van der Waals surface area contributed by atoms with E-state index >= 15 is 0 Å². The summed E-state index contributed by atoms with van der Waals surface area (Å²) >= 11 is 0. The third-order valence-corrected chi connectivity index (χ3v) is 3.43. The van der Waals surface area contributed by atoms with Crippen molar-refractivity contribution in [2.24, 2.45) is 0 Å². The molecule has 0 aliphatic carbocycles. The number of carbonyl (C=O) groups is 2. The number of carbonyl (C=O) groups excluding carboxylic acids is 2. The second-order valence-electron chi connectivity index (χ2n) is 4.92. The molecule has 0 atom stereocenters. The summed E-state index contributed by atoms with van der Waals surface area (Å²) in [6.45, 7) is 7.44. The fourth-order valence-electron chi connectivity index (χ4n) is 2.00. The van der Waals surface area contributed by atoms with Crippen LogP contribution in [-0.4, -0.2) is 49.4 Å². The summed E-state index contributed by atoms with van der Waals surface area (Å²) in [5, 5.41) is 5.15. The normalized spacial score (nSPS) is 10.5. The molecule has 22 heavy (non-hydrogen) atoms. The van der Waals surface area contributed by atoms with E-state index in [1.54, 1.807) is 12.1 Å². The minimum atomic E-state index is -0.637. The lowest BCUT2D eigenvalue weighted by Crippen LogP contribution is -2.43. The lowest BCUT2D eigenvalue weighted by molar-refractivity contribution is -0.139. The maximum Gasteiger partial charge on any atom is 0.309 e. The number of likely N-dealkylation sites (N-methyl/N-ethyl adjacent to an activating group) is 1. The molecule has 5 nitrogen and oxygen atoms in total. The molecule has 122 valence electrons. The Morgan fingerprint density at radius 3 is 2.09 bits per heavy atom. The first-order chi connectivity index (χ1) is 10.6. The lowest BCUT2D eigenvalue weighted by atomic mass is 10.1. The molecule has 0 bridgehead atoms. The Balaban J connectivity index is 2.21. The van der Waals surface area contributed by atoms with Crippen molar-refractivity contribution in [2.75, 3.05) is 32.7 Å². The van der Waals surface area contributed by atoms with Crippen LogP contribution in [0.3, 0.4) is 0 Å². The highest BCUT2D eigenvalue weighted by molar-refractivity contribution is 6.35. The van der Waals surface area contributed by atoms with E-state index in [4.69, 9.17) is 0 Å². The van der Waals surface area contributed by atoms with Gasteiger partial charge in [0.25, 0.3) is 0 Å². The molecule has 0 aliphatic rings. The van der Waals surface area contributed by atoms with E-state index in [1.165, 1.54) is 12.1 Å². The molecule has 0 aliphatic heterocycles. The van der Waals surface area contributed by atoms with Crippen molar-refractivity contribution < 1.29 is 14.0 Å².